The van der Waals surface area contributed by atoms with Crippen molar-refractivity contribution in [3.63, 3.8) is 0 Å². The lowest BCUT2D eigenvalue weighted by Crippen LogP contribution is -2.61. The number of aromatic nitrogens is 1. The molecule has 0 unspecified atom stereocenters. The largest absolute Gasteiger partial charge is 0.368 e. The van der Waals surface area contributed by atoms with Crippen LogP contribution in [0, 0.1) is 0 Å². The molecule has 0 spiro atoms. The van der Waals surface area contributed by atoms with E-state index in [1.54, 1.807) is 18.0 Å². The summed E-state index contributed by atoms with van der Waals surface area (Å²) in [5.41, 5.74) is 6.78. The normalized spacial score (nSPS) is 16.6. The lowest BCUT2D eigenvalue weighted by atomic mass is 10.0. The number of anilines is 1. The van der Waals surface area contributed by atoms with Crippen molar-refractivity contribution in [2.45, 2.75) is 43.1 Å². The molecule has 0 aliphatic carbocycles. The molecule has 7 nitrogen and oxygen atoms in total. The van der Waals surface area contributed by atoms with Crippen LogP contribution >= 0.6 is 11.8 Å². The molecule has 2 aromatic rings. The van der Waals surface area contributed by atoms with Gasteiger partial charge in [-0.25, -0.2) is 4.98 Å². The van der Waals surface area contributed by atoms with E-state index < -0.39 is 5.54 Å². The molecule has 2 heterocycles. The van der Waals surface area contributed by atoms with Gasteiger partial charge in [0.15, 0.2) is 0 Å². The van der Waals surface area contributed by atoms with Gasteiger partial charge in [-0.15, -0.1) is 11.8 Å². The fourth-order valence-corrected chi connectivity index (χ4v) is 4.37. The first-order chi connectivity index (χ1) is 14.8. The summed E-state index contributed by atoms with van der Waals surface area (Å²) >= 11 is 1.66. The Morgan fingerprint density at radius 1 is 1.16 bits per heavy atom. The van der Waals surface area contributed by atoms with Gasteiger partial charge in [0.1, 0.15) is 0 Å². The van der Waals surface area contributed by atoms with E-state index in [1.807, 2.05) is 57.2 Å². The zero-order valence-electron chi connectivity index (χ0n) is 18.4. The molecule has 3 N–H and O–H groups in total. The Kier molecular flexibility index (Phi) is 7.69. The second-order valence-corrected chi connectivity index (χ2v) is 9.26. The third-order valence-electron chi connectivity index (χ3n) is 5.85. The molecule has 0 bridgehead atoms. The lowest BCUT2D eigenvalue weighted by Gasteiger charge is -2.43. The summed E-state index contributed by atoms with van der Waals surface area (Å²) in [4.78, 5) is 33.1. The maximum Gasteiger partial charge on any atom is 0.241 e. The van der Waals surface area contributed by atoms with Gasteiger partial charge < -0.3 is 11.1 Å². The van der Waals surface area contributed by atoms with Crippen LogP contribution in [0.2, 0.25) is 0 Å². The van der Waals surface area contributed by atoms with E-state index in [2.05, 4.69) is 26.2 Å². The zero-order valence-corrected chi connectivity index (χ0v) is 19.2. The van der Waals surface area contributed by atoms with E-state index in [4.69, 9.17) is 5.73 Å². The predicted octanol–water partition coefficient (Wildman–Crippen LogP) is 2.58. The Morgan fingerprint density at radius 2 is 1.90 bits per heavy atom. The van der Waals surface area contributed by atoms with Crippen LogP contribution in [0.15, 0.2) is 53.7 Å². The standard InChI is InChI=1S/C23H31N5O2S/c1-17(27-11-13-28(14-12-27)23(2,3)22(24)30)21(29)26-19-8-6-7-18(15-19)16-31-20-9-4-5-10-25-20/h4-10,15,17H,11-14,16H2,1-3H3,(H2,24,30)(H,26,29)/t17-/m1/s1. The Hall–Kier alpha value is -2.42. The first-order valence-electron chi connectivity index (χ1n) is 10.5. The molecule has 1 aliphatic heterocycles. The molecule has 1 fully saturated rings. The van der Waals surface area contributed by atoms with E-state index in [-0.39, 0.29) is 17.9 Å². The van der Waals surface area contributed by atoms with Gasteiger partial charge in [-0.3, -0.25) is 19.4 Å². The zero-order chi connectivity index (χ0) is 22.4. The van der Waals surface area contributed by atoms with Gasteiger partial charge in [0.2, 0.25) is 11.8 Å². The van der Waals surface area contributed by atoms with E-state index in [9.17, 15) is 9.59 Å². The molecule has 1 saturated heterocycles. The summed E-state index contributed by atoms with van der Waals surface area (Å²) in [6, 6.07) is 13.5. The summed E-state index contributed by atoms with van der Waals surface area (Å²) in [5.74, 6) is 0.429. The third-order valence-corrected chi connectivity index (χ3v) is 6.87. The second-order valence-electron chi connectivity index (χ2n) is 8.27. The first kappa shape index (κ1) is 23.2. The number of nitrogens with two attached hydrogens (primary N) is 1. The van der Waals surface area contributed by atoms with E-state index >= 15 is 0 Å². The van der Waals surface area contributed by atoms with Crippen LogP contribution in [-0.2, 0) is 15.3 Å². The van der Waals surface area contributed by atoms with Gasteiger partial charge in [-0.2, -0.15) is 0 Å². The summed E-state index contributed by atoms with van der Waals surface area (Å²) in [6.45, 7) is 8.45. The minimum absolute atomic E-state index is 0.0304. The number of pyridine rings is 1. The van der Waals surface area contributed by atoms with Crippen molar-refractivity contribution in [1.29, 1.82) is 0 Å². The molecule has 1 aliphatic rings. The van der Waals surface area contributed by atoms with Crippen molar-refractivity contribution in [3.05, 3.63) is 54.2 Å². The fourth-order valence-electron chi connectivity index (χ4n) is 3.57. The molecule has 166 valence electrons. The second kappa shape index (κ2) is 10.3. The van der Waals surface area contributed by atoms with Crippen molar-refractivity contribution in [2.24, 2.45) is 5.73 Å². The molecule has 1 aromatic heterocycles. The average molecular weight is 442 g/mol. The molecule has 0 saturated carbocycles. The Labute approximate surface area is 188 Å². The Morgan fingerprint density at radius 3 is 2.55 bits per heavy atom. The Balaban J connectivity index is 1.52. The lowest BCUT2D eigenvalue weighted by molar-refractivity contribution is -0.131. The van der Waals surface area contributed by atoms with E-state index in [1.165, 1.54) is 0 Å². The number of nitrogens with zero attached hydrogens (tertiary/aromatic N) is 3. The highest BCUT2D eigenvalue weighted by atomic mass is 32.2. The maximum absolute atomic E-state index is 12.8. The summed E-state index contributed by atoms with van der Waals surface area (Å²) in [7, 11) is 0. The molecule has 3 rings (SSSR count). The monoisotopic (exact) mass is 441 g/mol. The number of carbonyl (C=O) groups excluding carboxylic acids is 2. The maximum atomic E-state index is 12.8. The highest BCUT2D eigenvalue weighted by Gasteiger charge is 2.36. The van der Waals surface area contributed by atoms with Crippen LogP contribution in [0.4, 0.5) is 5.69 Å². The van der Waals surface area contributed by atoms with Crippen LogP contribution in [0.1, 0.15) is 26.3 Å². The smallest absolute Gasteiger partial charge is 0.241 e. The quantitative estimate of drug-likeness (QED) is 0.612. The molecule has 31 heavy (non-hydrogen) atoms. The van der Waals surface area contributed by atoms with Gasteiger partial charge in [-0.05, 0) is 50.6 Å². The highest BCUT2D eigenvalue weighted by Crippen LogP contribution is 2.23. The average Bonchev–Trinajstić information content (AvgIpc) is 2.78. The molecule has 8 heteroatoms. The minimum atomic E-state index is -0.675. The van der Waals surface area contributed by atoms with Crippen molar-refractivity contribution in [1.82, 2.24) is 14.8 Å². The number of hydrogen-bond acceptors (Lipinski definition) is 6. The van der Waals surface area contributed by atoms with E-state index in [0.29, 0.717) is 26.2 Å². The number of nitrogens with one attached hydrogen (secondary N) is 1. The number of benzene rings is 1. The number of rotatable bonds is 8. The number of carbonyl (C=O) groups is 2. The van der Waals surface area contributed by atoms with Crippen LogP contribution in [0.25, 0.3) is 0 Å². The van der Waals surface area contributed by atoms with Gasteiger partial charge in [0.25, 0.3) is 0 Å². The molecule has 1 atom stereocenters. The third kappa shape index (κ3) is 6.06. The number of piperazine rings is 1. The van der Waals surface area contributed by atoms with Gasteiger partial charge in [0.05, 0.1) is 16.6 Å². The fraction of sp³-hybridized carbons (Fsp3) is 0.435. The van der Waals surface area contributed by atoms with Crippen molar-refractivity contribution < 1.29 is 9.59 Å². The molecule has 2 amide bonds. The number of primary amides is 1. The number of thioether (sulfide) groups is 1. The van der Waals surface area contributed by atoms with Crippen LogP contribution in [0.3, 0.4) is 0 Å². The SMILES string of the molecule is C[C@H](C(=O)Nc1cccc(CSc2ccccn2)c1)N1CCN(C(C)(C)C(N)=O)CC1. The number of hydrogen-bond donors (Lipinski definition) is 2. The molecular formula is C23H31N5O2S. The van der Waals surface area contributed by atoms with Gasteiger partial charge in [0, 0.05) is 43.8 Å². The minimum Gasteiger partial charge on any atom is -0.368 e. The molecule has 0 radical (unpaired) electrons. The first-order valence-corrected chi connectivity index (χ1v) is 11.5. The predicted molar refractivity (Wildman–Crippen MR) is 125 cm³/mol. The highest BCUT2D eigenvalue weighted by molar-refractivity contribution is 7.98. The van der Waals surface area contributed by atoms with Crippen molar-refractivity contribution in [2.75, 3.05) is 31.5 Å². The van der Waals surface area contributed by atoms with Crippen LogP contribution in [0.5, 0.6) is 0 Å². The van der Waals surface area contributed by atoms with Gasteiger partial charge >= 0.3 is 0 Å². The van der Waals surface area contributed by atoms with Crippen molar-refractivity contribution in [3.8, 4) is 0 Å². The Bertz CT molecular complexity index is 898. The summed E-state index contributed by atoms with van der Waals surface area (Å²) in [6.07, 6.45) is 1.79. The summed E-state index contributed by atoms with van der Waals surface area (Å²) < 4.78 is 0. The summed E-state index contributed by atoms with van der Waals surface area (Å²) in [5, 5.41) is 4.02. The van der Waals surface area contributed by atoms with Crippen LogP contribution in [-0.4, -0.2) is 64.4 Å². The van der Waals surface area contributed by atoms with Gasteiger partial charge in [-0.1, -0.05) is 18.2 Å². The molecule has 1 aromatic carbocycles. The van der Waals surface area contributed by atoms with E-state index in [0.717, 1.165) is 22.0 Å². The topological polar surface area (TPSA) is 91.6 Å². The molecular weight excluding hydrogens is 410 g/mol. The number of amides is 2. The van der Waals surface area contributed by atoms with Crippen LogP contribution < -0.4 is 11.1 Å². The van der Waals surface area contributed by atoms with Crippen molar-refractivity contribution >= 4 is 29.3 Å².